The number of hydrogen-bond donors (Lipinski definition) is 1. The van der Waals surface area contributed by atoms with Crippen LogP contribution in [-0.4, -0.2) is 57.1 Å². The molecule has 4 rings (SSSR count). The Bertz CT molecular complexity index is 912. The topological polar surface area (TPSA) is 71.1 Å². The molecule has 7 nitrogen and oxygen atoms in total. The highest BCUT2D eigenvalue weighted by molar-refractivity contribution is 7.10. The van der Waals surface area contributed by atoms with Crippen molar-refractivity contribution < 1.29 is 19.1 Å². The number of nitrogens with one attached hydrogen (secondary N) is 1. The smallest absolute Gasteiger partial charge is 0.227 e. The van der Waals surface area contributed by atoms with Crippen molar-refractivity contribution in [3.63, 3.8) is 0 Å². The molecule has 3 heterocycles. The van der Waals surface area contributed by atoms with Gasteiger partial charge in [0.2, 0.25) is 11.8 Å². The number of nitrogens with zero attached hydrogens (tertiary/aromatic N) is 2. The van der Waals surface area contributed by atoms with Gasteiger partial charge in [0, 0.05) is 36.1 Å². The first-order valence-corrected chi connectivity index (χ1v) is 11.6. The fraction of sp³-hybridized carbons (Fsp3) is 0.478. The van der Waals surface area contributed by atoms with E-state index in [9.17, 15) is 9.59 Å². The van der Waals surface area contributed by atoms with Crippen molar-refractivity contribution in [1.29, 1.82) is 0 Å². The molecule has 2 unspecified atom stereocenters. The monoisotopic (exact) mass is 443 g/mol. The summed E-state index contributed by atoms with van der Waals surface area (Å²) in [5.41, 5.74) is 0.714. The van der Waals surface area contributed by atoms with Gasteiger partial charge in [-0.3, -0.25) is 14.5 Å². The van der Waals surface area contributed by atoms with Gasteiger partial charge in [-0.05, 0) is 49.5 Å². The zero-order valence-electron chi connectivity index (χ0n) is 18.0. The molecule has 166 valence electrons. The summed E-state index contributed by atoms with van der Waals surface area (Å²) < 4.78 is 10.6. The number of likely N-dealkylation sites (tertiary alicyclic amines) is 1. The molecule has 2 aromatic rings. The van der Waals surface area contributed by atoms with E-state index in [2.05, 4.69) is 27.7 Å². The van der Waals surface area contributed by atoms with E-state index >= 15 is 0 Å². The average Bonchev–Trinajstić information content (AvgIpc) is 3.56. The van der Waals surface area contributed by atoms with Gasteiger partial charge < -0.3 is 19.7 Å². The molecular formula is C23H29N3O4S. The Kier molecular flexibility index (Phi) is 6.77. The second-order valence-corrected chi connectivity index (χ2v) is 8.94. The zero-order valence-corrected chi connectivity index (χ0v) is 18.8. The summed E-state index contributed by atoms with van der Waals surface area (Å²) in [6.07, 6.45) is 2.62. The van der Waals surface area contributed by atoms with Gasteiger partial charge in [0.05, 0.1) is 26.2 Å². The molecule has 0 aliphatic carbocycles. The van der Waals surface area contributed by atoms with Crippen molar-refractivity contribution in [2.45, 2.75) is 25.3 Å². The Hall–Kier alpha value is -2.58. The lowest BCUT2D eigenvalue weighted by molar-refractivity contribution is -0.126. The molecule has 2 fully saturated rings. The van der Waals surface area contributed by atoms with E-state index in [1.54, 1.807) is 42.6 Å². The number of amides is 2. The largest absolute Gasteiger partial charge is 0.493 e. The van der Waals surface area contributed by atoms with Crippen LogP contribution in [0.4, 0.5) is 5.69 Å². The second kappa shape index (κ2) is 9.70. The van der Waals surface area contributed by atoms with E-state index < -0.39 is 0 Å². The number of carbonyl (C=O) groups is 2. The van der Waals surface area contributed by atoms with Crippen molar-refractivity contribution in [2.24, 2.45) is 5.92 Å². The molecule has 1 aromatic carbocycles. The number of methoxy groups -OCH3 is 2. The van der Waals surface area contributed by atoms with Crippen LogP contribution in [0.1, 0.15) is 30.2 Å². The fourth-order valence-corrected chi connectivity index (χ4v) is 5.27. The molecule has 1 aromatic heterocycles. The van der Waals surface area contributed by atoms with Crippen LogP contribution in [0.25, 0.3) is 0 Å². The van der Waals surface area contributed by atoms with Crippen molar-refractivity contribution in [3.8, 4) is 11.5 Å². The first kappa shape index (κ1) is 21.6. The molecule has 2 aliphatic rings. The minimum atomic E-state index is -0.358. The summed E-state index contributed by atoms with van der Waals surface area (Å²) in [5, 5.41) is 5.21. The first-order chi connectivity index (χ1) is 15.1. The normalized spacial score (nSPS) is 20.1. The molecule has 2 saturated heterocycles. The molecule has 0 radical (unpaired) electrons. The second-order valence-electron chi connectivity index (χ2n) is 7.96. The van der Waals surface area contributed by atoms with Gasteiger partial charge in [0.25, 0.3) is 0 Å². The Balaban J connectivity index is 1.40. The van der Waals surface area contributed by atoms with Gasteiger partial charge in [-0.25, -0.2) is 0 Å². The third kappa shape index (κ3) is 4.70. The molecule has 1 N–H and O–H groups in total. The number of carbonyl (C=O) groups excluding carboxylic acids is 2. The minimum Gasteiger partial charge on any atom is -0.493 e. The predicted octanol–water partition coefficient (Wildman–Crippen LogP) is 3.07. The van der Waals surface area contributed by atoms with Gasteiger partial charge >= 0.3 is 0 Å². The maximum absolute atomic E-state index is 12.9. The van der Waals surface area contributed by atoms with Crippen LogP contribution in [-0.2, 0) is 9.59 Å². The number of anilines is 1. The molecule has 2 aliphatic heterocycles. The van der Waals surface area contributed by atoms with Crippen LogP contribution >= 0.6 is 11.3 Å². The van der Waals surface area contributed by atoms with Crippen molar-refractivity contribution in [3.05, 3.63) is 40.6 Å². The number of rotatable bonds is 8. The molecular weight excluding hydrogens is 414 g/mol. The molecule has 0 spiro atoms. The number of thiophene rings is 1. The Morgan fingerprint density at radius 2 is 1.97 bits per heavy atom. The van der Waals surface area contributed by atoms with Crippen LogP contribution in [0.15, 0.2) is 35.7 Å². The molecule has 31 heavy (non-hydrogen) atoms. The van der Waals surface area contributed by atoms with Crippen LogP contribution in [0, 0.1) is 5.92 Å². The van der Waals surface area contributed by atoms with E-state index in [1.807, 2.05) is 6.07 Å². The molecule has 8 heteroatoms. The lowest BCUT2D eigenvalue weighted by atomic mass is 10.1. The van der Waals surface area contributed by atoms with Crippen molar-refractivity contribution in [2.75, 3.05) is 45.3 Å². The van der Waals surface area contributed by atoms with Crippen LogP contribution in [0.3, 0.4) is 0 Å². The Morgan fingerprint density at radius 1 is 1.19 bits per heavy atom. The van der Waals surface area contributed by atoms with E-state index in [1.165, 1.54) is 17.7 Å². The zero-order chi connectivity index (χ0) is 21.8. The number of hydrogen-bond acceptors (Lipinski definition) is 6. The van der Waals surface area contributed by atoms with E-state index in [0.29, 0.717) is 30.3 Å². The van der Waals surface area contributed by atoms with Gasteiger partial charge in [-0.2, -0.15) is 0 Å². The SMILES string of the molecule is COc1ccc(N2CC(C(=O)NCC(c3cccs3)N3CCCC3)CC2=O)cc1OC. The third-order valence-corrected chi connectivity index (χ3v) is 7.07. The van der Waals surface area contributed by atoms with E-state index in [0.717, 1.165) is 13.1 Å². The third-order valence-electron chi connectivity index (χ3n) is 6.10. The van der Waals surface area contributed by atoms with Crippen molar-refractivity contribution in [1.82, 2.24) is 10.2 Å². The fourth-order valence-electron chi connectivity index (χ4n) is 4.41. The highest BCUT2D eigenvalue weighted by atomic mass is 32.1. The average molecular weight is 444 g/mol. The van der Waals surface area contributed by atoms with Crippen LogP contribution < -0.4 is 19.7 Å². The number of ether oxygens (including phenoxy) is 2. The summed E-state index contributed by atoms with van der Waals surface area (Å²) >= 11 is 1.73. The molecule has 0 saturated carbocycles. The maximum Gasteiger partial charge on any atom is 0.227 e. The minimum absolute atomic E-state index is 0.0540. The molecule has 0 bridgehead atoms. The lowest BCUT2D eigenvalue weighted by Crippen LogP contribution is -2.39. The van der Waals surface area contributed by atoms with Crippen LogP contribution in [0.2, 0.25) is 0 Å². The maximum atomic E-state index is 12.9. The molecule has 2 atom stereocenters. The standard InChI is InChI=1S/C23H29N3O4S/c1-29-19-8-7-17(13-20(19)30-2)26-15-16(12-22(26)27)23(28)24-14-18(21-6-5-11-31-21)25-9-3-4-10-25/h5-8,11,13,16,18H,3-4,9-10,12,14-15H2,1-2H3,(H,24,28). The predicted molar refractivity (Wildman–Crippen MR) is 121 cm³/mol. The highest BCUT2D eigenvalue weighted by Gasteiger charge is 2.36. The number of benzene rings is 1. The van der Waals surface area contributed by atoms with Gasteiger partial charge in [0.1, 0.15) is 0 Å². The van der Waals surface area contributed by atoms with Gasteiger partial charge in [-0.1, -0.05) is 6.07 Å². The Morgan fingerprint density at radius 3 is 2.65 bits per heavy atom. The summed E-state index contributed by atoms with van der Waals surface area (Å²) in [5.74, 6) is 0.695. The van der Waals surface area contributed by atoms with E-state index in [-0.39, 0.29) is 30.2 Å². The molecule has 2 amide bonds. The quantitative estimate of drug-likeness (QED) is 0.679. The lowest BCUT2D eigenvalue weighted by Gasteiger charge is -2.27. The van der Waals surface area contributed by atoms with E-state index in [4.69, 9.17) is 9.47 Å². The van der Waals surface area contributed by atoms with Crippen LogP contribution in [0.5, 0.6) is 11.5 Å². The first-order valence-electron chi connectivity index (χ1n) is 10.7. The highest BCUT2D eigenvalue weighted by Crippen LogP contribution is 2.34. The summed E-state index contributed by atoms with van der Waals surface area (Å²) in [4.78, 5) is 31.0. The van der Waals surface area contributed by atoms with Gasteiger partial charge in [0.15, 0.2) is 11.5 Å². The Labute approximate surface area is 186 Å². The summed E-state index contributed by atoms with van der Waals surface area (Å²) in [7, 11) is 3.14. The summed E-state index contributed by atoms with van der Waals surface area (Å²) in [6.45, 7) is 3.06. The summed E-state index contributed by atoms with van der Waals surface area (Å²) in [6, 6.07) is 9.76. The van der Waals surface area contributed by atoms with Crippen molar-refractivity contribution >= 4 is 28.8 Å². The van der Waals surface area contributed by atoms with Gasteiger partial charge in [-0.15, -0.1) is 11.3 Å².